The van der Waals surface area contributed by atoms with Crippen molar-refractivity contribution in [1.82, 2.24) is 29.3 Å². The summed E-state index contributed by atoms with van der Waals surface area (Å²) in [4.78, 5) is 27.9. The highest BCUT2D eigenvalue weighted by Crippen LogP contribution is 2.21. The third-order valence-corrected chi connectivity index (χ3v) is 5.96. The van der Waals surface area contributed by atoms with Crippen molar-refractivity contribution in [3.63, 3.8) is 0 Å². The number of pyridine rings is 1. The van der Waals surface area contributed by atoms with Crippen LogP contribution in [0.2, 0.25) is 0 Å². The molecule has 10 heteroatoms. The van der Waals surface area contributed by atoms with Gasteiger partial charge in [-0.25, -0.2) is 19.6 Å². The SMILES string of the molecule is CCCc1cnc(N2CCC(Oc3ccn(-c4ccc(-n5cncn5)cc4)c(=O)c3)CC2)nc1.Cl. The summed E-state index contributed by atoms with van der Waals surface area (Å²) in [5, 5.41) is 4.12. The van der Waals surface area contributed by atoms with Gasteiger partial charge >= 0.3 is 0 Å². The maximum atomic E-state index is 12.7. The molecule has 0 saturated carbocycles. The van der Waals surface area contributed by atoms with Gasteiger partial charge in [0, 0.05) is 56.3 Å². The third kappa shape index (κ3) is 5.68. The Bertz CT molecular complexity index is 1270. The van der Waals surface area contributed by atoms with Crippen LogP contribution in [-0.4, -0.2) is 48.5 Å². The maximum Gasteiger partial charge on any atom is 0.258 e. The van der Waals surface area contributed by atoms with Crippen LogP contribution in [0.5, 0.6) is 5.75 Å². The monoisotopic (exact) mass is 493 g/mol. The van der Waals surface area contributed by atoms with Crippen molar-refractivity contribution in [2.24, 2.45) is 0 Å². The van der Waals surface area contributed by atoms with E-state index in [0.717, 1.165) is 56.1 Å². The van der Waals surface area contributed by atoms with E-state index in [2.05, 4.69) is 31.9 Å². The number of benzene rings is 1. The lowest BCUT2D eigenvalue weighted by Gasteiger charge is -2.32. The Morgan fingerprint density at radius 1 is 1.03 bits per heavy atom. The molecule has 182 valence electrons. The van der Waals surface area contributed by atoms with Crippen molar-refractivity contribution >= 4 is 18.4 Å². The molecule has 9 nitrogen and oxygen atoms in total. The molecule has 4 heterocycles. The lowest BCUT2D eigenvalue weighted by Crippen LogP contribution is -2.39. The van der Waals surface area contributed by atoms with Crippen molar-refractivity contribution in [3.05, 3.63) is 83.6 Å². The second-order valence-electron chi connectivity index (χ2n) is 8.37. The fraction of sp³-hybridized carbons (Fsp3) is 0.320. The molecule has 1 aromatic carbocycles. The van der Waals surface area contributed by atoms with Crippen LogP contribution in [0, 0.1) is 0 Å². The molecule has 0 bridgehead atoms. The van der Waals surface area contributed by atoms with E-state index in [0.29, 0.717) is 5.75 Å². The Morgan fingerprint density at radius 2 is 1.74 bits per heavy atom. The summed E-state index contributed by atoms with van der Waals surface area (Å²) in [5.74, 6) is 1.37. The highest BCUT2D eigenvalue weighted by atomic mass is 35.5. The summed E-state index contributed by atoms with van der Waals surface area (Å²) < 4.78 is 9.40. The molecule has 1 aliphatic rings. The number of piperidine rings is 1. The molecular formula is C25H28ClN7O2. The quantitative estimate of drug-likeness (QED) is 0.388. The lowest BCUT2D eigenvalue weighted by molar-refractivity contribution is 0.170. The van der Waals surface area contributed by atoms with Crippen LogP contribution in [0.1, 0.15) is 31.7 Å². The summed E-state index contributed by atoms with van der Waals surface area (Å²) >= 11 is 0. The zero-order chi connectivity index (χ0) is 23.3. The minimum atomic E-state index is -0.135. The summed E-state index contributed by atoms with van der Waals surface area (Å²) in [6, 6.07) is 10.9. The highest BCUT2D eigenvalue weighted by molar-refractivity contribution is 5.85. The van der Waals surface area contributed by atoms with Crippen LogP contribution in [0.3, 0.4) is 0 Å². The van der Waals surface area contributed by atoms with E-state index in [4.69, 9.17) is 4.74 Å². The van der Waals surface area contributed by atoms with Gasteiger partial charge in [-0.05, 0) is 42.3 Å². The van der Waals surface area contributed by atoms with Crippen LogP contribution in [0.4, 0.5) is 5.95 Å². The number of aryl methyl sites for hydroxylation is 1. The molecule has 0 spiro atoms. The molecule has 1 fully saturated rings. The summed E-state index contributed by atoms with van der Waals surface area (Å²) in [6.07, 6.45) is 12.6. The smallest absolute Gasteiger partial charge is 0.258 e. The number of rotatable bonds is 7. The molecule has 4 aromatic rings. The van der Waals surface area contributed by atoms with Crippen LogP contribution >= 0.6 is 12.4 Å². The molecule has 35 heavy (non-hydrogen) atoms. The second-order valence-corrected chi connectivity index (χ2v) is 8.37. The highest BCUT2D eigenvalue weighted by Gasteiger charge is 2.22. The van der Waals surface area contributed by atoms with Crippen molar-refractivity contribution in [3.8, 4) is 17.1 Å². The standard InChI is InChI=1S/C25H27N7O2.ClH/c1-2-3-19-15-27-25(28-16-19)30-11-8-22(9-12-30)34-23-10-13-31(24(33)14-23)20-4-6-21(7-5-20)32-18-26-17-29-32;/h4-7,10,13-18,22H,2-3,8-9,11-12H2,1H3;1H. The van der Waals surface area contributed by atoms with Gasteiger partial charge in [-0.2, -0.15) is 5.10 Å². The average Bonchev–Trinajstić information content (AvgIpc) is 3.41. The molecule has 1 saturated heterocycles. The molecule has 5 rings (SSSR count). The molecule has 0 atom stereocenters. The number of anilines is 1. The van der Waals surface area contributed by atoms with Crippen LogP contribution in [0.25, 0.3) is 11.4 Å². The zero-order valence-electron chi connectivity index (χ0n) is 19.5. The van der Waals surface area contributed by atoms with E-state index >= 15 is 0 Å². The zero-order valence-corrected chi connectivity index (χ0v) is 20.3. The largest absolute Gasteiger partial charge is 0.490 e. The predicted molar refractivity (Wildman–Crippen MR) is 136 cm³/mol. The molecule has 1 aliphatic heterocycles. The van der Waals surface area contributed by atoms with Gasteiger partial charge in [0.05, 0.1) is 5.69 Å². The van der Waals surface area contributed by atoms with E-state index in [1.165, 1.54) is 11.9 Å². The van der Waals surface area contributed by atoms with E-state index in [1.54, 1.807) is 27.8 Å². The lowest BCUT2D eigenvalue weighted by atomic mass is 10.1. The predicted octanol–water partition coefficient (Wildman–Crippen LogP) is 3.63. The third-order valence-electron chi connectivity index (χ3n) is 5.96. The number of hydrogen-bond donors (Lipinski definition) is 0. The van der Waals surface area contributed by atoms with Crippen molar-refractivity contribution in [2.75, 3.05) is 18.0 Å². The van der Waals surface area contributed by atoms with Gasteiger partial charge in [-0.1, -0.05) is 13.3 Å². The molecular weight excluding hydrogens is 466 g/mol. The summed E-state index contributed by atoms with van der Waals surface area (Å²) in [7, 11) is 0. The van der Waals surface area contributed by atoms with E-state index < -0.39 is 0 Å². The molecule has 0 aliphatic carbocycles. The summed E-state index contributed by atoms with van der Waals surface area (Å²) in [6.45, 7) is 3.80. The van der Waals surface area contributed by atoms with Crippen LogP contribution < -0.4 is 15.2 Å². The molecule has 0 amide bonds. The summed E-state index contributed by atoms with van der Waals surface area (Å²) in [5.41, 5.74) is 2.69. The fourth-order valence-electron chi connectivity index (χ4n) is 4.15. The van der Waals surface area contributed by atoms with Crippen molar-refractivity contribution < 1.29 is 4.74 Å². The molecule has 0 unspecified atom stereocenters. The topological polar surface area (TPSA) is 91.0 Å². The van der Waals surface area contributed by atoms with Crippen molar-refractivity contribution in [1.29, 1.82) is 0 Å². The van der Waals surface area contributed by atoms with Gasteiger partial charge in [0.25, 0.3) is 5.56 Å². The second kappa shape index (κ2) is 11.1. The maximum absolute atomic E-state index is 12.7. The Balaban J connectivity index is 0.00000289. The Labute approximate surface area is 209 Å². The Hall–Kier alpha value is -3.72. The molecule has 0 N–H and O–H groups in total. The number of hydrogen-bond acceptors (Lipinski definition) is 7. The number of nitrogens with zero attached hydrogens (tertiary/aromatic N) is 7. The minimum absolute atomic E-state index is 0. The van der Waals surface area contributed by atoms with Gasteiger partial charge in [0.15, 0.2) is 0 Å². The van der Waals surface area contributed by atoms with Crippen LogP contribution in [-0.2, 0) is 6.42 Å². The first-order chi connectivity index (χ1) is 16.7. The Kier molecular flexibility index (Phi) is 7.77. The first-order valence-corrected chi connectivity index (χ1v) is 11.6. The number of ether oxygens (including phenoxy) is 1. The van der Waals surface area contributed by atoms with E-state index in [9.17, 15) is 4.79 Å². The normalized spacial score (nSPS) is 13.9. The first kappa shape index (κ1) is 24.4. The molecule has 0 radical (unpaired) electrons. The van der Waals surface area contributed by atoms with Crippen LogP contribution in [0.15, 0.2) is 72.4 Å². The van der Waals surface area contributed by atoms with Gasteiger partial charge in [0.1, 0.15) is 24.5 Å². The van der Waals surface area contributed by atoms with Gasteiger partial charge in [-0.3, -0.25) is 9.36 Å². The van der Waals surface area contributed by atoms with E-state index in [1.807, 2.05) is 42.7 Å². The minimum Gasteiger partial charge on any atom is -0.490 e. The first-order valence-electron chi connectivity index (χ1n) is 11.6. The Morgan fingerprint density at radius 3 is 2.37 bits per heavy atom. The fourth-order valence-corrected chi connectivity index (χ4v) is 4.15. The average molecular weight is 494 g/mol. The number of aromatic nitrogens is 6. The van der Waals surface area contributed by atoms with Gasteiger partial charge in [0.2, 0.25) is 5.95 Å². The van der Waals surface area contributed by atoms with Gasteiger partial charge in [-0.15, -0.1) is 12.4 Å². The van der Waals surface area contributed by atoms with E-state index in [-0.39, 0.29) is 24.1 Å². The van der Waals surface area contributed by atoms with Crippen molar-refractivity contribution in [2.45, 2.75) is 38.7 Å². The van der Waals surface area contributed by atoms with Gasteiger partial charge < -0.3 is 9.64 Å². The number of halogens is 1. The molecule has 3 aromatic heterocycles.